The molecule has 0 spiro atoms. The first-order valence-electron chi connectivity index (χ1n) is 10.8. The van der Waals surface area contributed by atoms with Crippen molar-refractivity contribution < 1.29 is 14.4 Å². The molecule has 0 radical (unpaired) electrons. The summed E-state index contributed by atoms with van der Waals surface area (Å²) in [7, 11) is 0. The van der Waals surface area contributed by atoms with Gasteiger partial charge < -0.3 is 5.32 Å². The SMILES string of the molecule is Cc1ccc(C)c(N2C(=O)c3ccc(C(=O)Nc4ccnn4C(C)C4CC4)cc3C2=O)c1. The van der Waals surface area contributed by atoms with Crippen LogP contribution in [-0.2, 0) is 0 Å². The number of amides is 3. The number of anilines is 2. The third kappa shape index (κ3) is 3.30. The summed E-state index contributed by atoms with van der Waals surface area (Å²) in [5.41, 5.74) is 3.23. The van der Waals surface area contributed by atoms with Crippen molar-refractivity contribution in [3.8, 4) is 0 Å². The van der Waals surface area contributed by atoms with E-state index < -0.39 is 5.91 Å². The molecule has 0 bridgehead atoms. The molecule has 3 amide bonds. The zero-order valence-corrected chi connectivity index (χ0v) is 18.3. The molecule has 2 aromatic carbocycles. The van der Waals surface area contributed by atoms with Crippen LogP contribution in [0.2, 0.25) is 0 Å². The highest BCUT2D eigenvalue weighted by molar-refractivity contribution is 6.35. The van der Waals surface area contributed by atoms with Crippen molar-refractivity contribution in [3.05, 3.63) is 76.5 Å². The van der Waals surface area contributed by atoms with Crippen molar-refractivity contribution >= 4 is 29.2 Å². The Kier molecular flexibility index (Phi) is 4.69. The molecule has 3 aromatic rings. The van der Waals surface area contributed by atoms with Gasteiger partial charge in [0.25, 0.3) is 17.7 Å². The molecule has 1 aliphatic carbocycles. The minimum absolute atomic E-state index is 0.214. The molecular formula is C25H24N4O3. The summed E-state index contributed by atoms with van der Waals surface area (Å²) >= 11 is 0. The number of hydrogen-bond acceptors (Lipinski definition) is 4. The lowest BCUT2D eigenvalue weighted by Crippen LogP contribution is -2.30. The summed E-state index contributed by atoms with van der Waals surface area (Å²) < 4.78 is 1.83. The Bertz CT molecular complexity index is 1270. The molecule has 1 unspecified atom stereocenters. The third-order valence-electron chi connectivity index (χ3n) is 6.36. The van der Waals surface area contributed by atoms with Gasteiger partial charge in [0.2, 0.25) is 0 Å². The van der Waals surface area contributed by atoms with Gasteiger partial charge in [0.05, 0.1) is 29.1 Å². The molecule has 162 valence electrons. The van der Waals surface area contributed by atoms with Crippen LogP contribution in [0.4, 0.5) is 11.5 Å². The number of nitrogens with zero attached hydrogens (tertiary/aromatic N) is 3. The van der Waals surface area contributed by atoms with E-state index in [-0.39, 0.29) is 23.4 Å². The van der Waals surface area contributed by atoms with E-state index in [1.165, 1.54) is 23.8 Å². The molecule has 1 aromatic heterocycles. The number of carbonyl (C=O) groups is 3. The average Bonchev–Trinajstić information content (AvgIpc) is 3.48. The van der Waals surface area contributed by atoms with E-state index in [1.54, 1.807) is 24.4 Å². The fourth-order valence-corrected chi connectivity index (χ4v) is 4.27. The number of rotatable bonds is 5. The zero-order chi connectivity index (χ0) is 22.6. The van der Waals surface area contributed by atoms with Crippen LogP contribution in [0.15, 0.2) is 48.7 Å². The first kappa shape index (κ1) is 20.2. The number of carbonyl (C=O) groups excluding carboxylic acids is 3. The van der Waals surface area contributed by atoms with Gasteiger partial charge in [0, 0.05) is 11.6 Å². The minimum atomic E-state index is -0.416. The summed E-state index contributed by atoms with van der Waals surface area (Å²) in [4.78, 5) is 40.3. The number of benzene rings is 2. The monoisotopic (exact) mass is 428 g/mol. The highest BCUT2D eigenvalue weighted by atomic mass is 16.2. The molecule has 1 fully saturated rings. The maximum atomic E-state index is 13.1. The number of fused-ring (bicyclic) bond motifs is 1. The molecule has 7 nitrogen and oxygen atoms in total. The van der Waals surface area contributed by atoms with E-state index in [2.05, 4.69) is 17.3 Å². The van der Waals surface area contributed by atoms with Gasteiger partial charge in [-0.2, -0.15) is 5.10 Å². The molecule has 1 N–H and O–H groups in total. The van der Waals surface area contributed by atoms with Gasteiger partial charge in [-0.05, 0) is 74.9 Å². The molecule has 1 atom stereocenters. The topological polar surface area (TPSA) is 84.3 Å². The van der Waals surface area contributed by atoms with Crippen molar-refractivity contribution in [2.24, 2.45) is 5.92 Å². The maximum Gasteiger partial charge on any atom is 0.266 e. The molecule has 32 heavy (non-hydrogen) atoms. The fraction of sp³-hybridized carbons (Fsp3) is 0.280. The Balaban J connectivity index is 1.42. The van der Waals surface area contributed by atoms with E-state index in [1.807, 2.05) is 36.7 Å². The molecule has 0 saturated heterocycles. The lowest BCUT2D eigenvalue weighted by Gasteiger charge is -2.17. The molecule has 1 saturated carbocycles. The zero-order valence-electron chi connectivity index (χ0n) is 18.3. The van der Waals surface area contributed by atoms with Crippen LogP contribution in [0.5, 0.6) is 0 Å². The highest BCUT2D eigenvalue weighted by Crippen LogP contribution is 2.40. The summed E-state index contributed by atoms with van der Waals surface area (Å²) in [6.45, 7) is 5.88. The Morgan fingerprint density at radius 2 is 1.78 bits per heavy atom. The van der Waals surface area contributed by atoms with E-state index in [0.717, 1.165) is 11.1 Å². The van der Waals surface area contributed by atoms with Crippen molar-refractivity contribution in [3.63, 3.8) is 0 Å². The molecule has 5 rings (SSSR count). The second-order valence-electron chi connectivity index (χ2n) is 8.69. The van der Waals surface area contributed by atoms with Crippen LogP contribution < -0.4 is 10.2 Å². The lowest BCUT2D eigenvalue weighted by molar-refractivity contribution is 0.0925. The summed E-state index contributed by atoms with van der Waals surface area (Å²) in [6, 6.07) is 12.3. The Morgan fingerprint density at radius 1 is 1.03 bits per heavy atom. The van der Waals surface area contributed by atoms with Crippen LogP contribution in [0.3, 0.4) is 0 Å². The number of aromatic nitrogens is 2. The van der Waals surface area contributed by atoms with Crippen molar-refractivity contribution in [2.75, 3.05) is 10.2 Å². The normalized spacial score (nSPS) is 16.3. The molecule has 7 heteroatoms. The average molecular weight is 428 g/mol. The summed E-state index contributed by atoms with van der Waals surface area (Å²) in [5, 5.41) is 7.26. The second kappa shape index (κ2) is 7.44. The summed E-state index contributed by atoms with van der Waals surface area (Å²) in [5.74, 6) is 0.0743. The van der Waals surface area contributed by atoms with Crippen molar-refractivity contribution in [1.82, 2.24) is 9.78 Å². The Hall–Kier alpha value is -3.74. The molecule has 2 aliphatic rings. The van der Waals surface area contributed by atoms with E-state index in [0.29, 0.717) is 28.6 Å². The van der Waals surface area contributed by atoms with Crippen molar-refractivity contribution in [1.29, 1.82) is 0 Å². The van der Waals surface area contributed by atoms with Crippen LogP contribution in [0, 0.1) is 19.8 Å². The number of nitrogens with one attached hydrogen (secondary N) is 1. The standard InChI is InChI=1S/C25H24N4O3/c1-14-4-5-15(2)21(12-14)28-24(31)19-9-8-18(13-20(19)25(28)32)23(30)27-22-10-11-26-29(22)16(3)17-6-7-17/h4-5,8-13,16-17H,6-7H2,1-3H3,(H,27,30). The van der Waals surface area contributed by atoms with Crippen LogP contribution in [0.25, 0.3) is 0 Å². The van der Waals surface area contributed by atoms with Crippen LogP contribution in [0.1, 0.15) is 68.0 Å². The van der Waals surface area contributed by atoms with Gasteiger partial charge in [0.15, 0.2) is 0 Å². The van der Waals surface area contributed by atoms with Gasteiger partial charge in [0.1, 0.15) is 5.82 Å². The minimum Gasteiger partial charge on any atom is -0.307 e. The van der Waals surface area contributed by atoms with Crippen molar-refractivity contribution in [2.45, 2.75) is 39.7 Å². The third-order valence-corrected chi connectivity index (χ3v) is 6.36. The second-order valence-corrected chi connectivity index (χ2v) is 8.69. The van der Waals surface area contributed by atoms with Gasteiger partial charge in [-0.25, -0.2) is 9.58 Å². The fourth-order valence-electron chi connectivity index (χ4n) is 4.27. The van der Waals surface area contributed by atoms with E-state index in [9.17, 15) is 14.4 Å². The largest absolute Gasteiger partial charge is 0.307 e. The van der Waals surface area contributed by atoms with Gasteiger partial charge in [-0.15, -0.1) is 0 Å². The molecule has 1 aliphatic heterocycles. The predicted molar refractivity (Wildman–Crippen MR) is 121 cm³/mol. The van der Waals surface area contributed by atoms with E-state index in [4.69, 9.17) is 0 Å². The number of hydrogen-bond donors (Lipinski definition) is 1. The number of aryl methyl sites for hydroxylation is 2. The molecular weight excluding hydrogens is 404 g/mol. The lowest BCUT2D eigenvalue weighted by atomic mass is 10.1. The van der Waals surface area contributed by atoms with Gasteiger partial charge in [-0.1, -0.05) is 12.1 Å². The van der Waals surface area contributed by atoms with E-state index >= 15 is 0 Å². The highest BCUT2D eigenvalue weighted by Gasteiger charge is 2.38. The van der Waals surface area contributed by atoms with Crippen LogP contribution >= 0.6 is 0 Å². The van der Waals surface area contributed by atoms with Gasteiger partial charge >= 0.3 is 0 Å². The smallest absolute Gasteiger partial charge is 0.266 e. The Labute approximate surface area is 186 Å². The first-order chi connectivity index (χ1) is 15.3. The maximum absolute atomic E-state index is 13.1. The predicted octanol–water partition coefficient (Wildman–Crippen LogP) is 4.52. The number of imide groups is 1. The first-order valence-corrected chi connectivity index (χ1v) is 10.8. The molecule has 2 heterocycles. The quantitative estimate of drug-likeness (QED) is 0.606. The summed E-state index contributed by atoms with van der Waals surface area (Å²) in [6.07, 6.45) is 4.01. The Morgan fingerprint density at radius 3 is 2.53 bits per heavy atom. The van der Waals surface area contributed by atoms with Gasteiger partial charge in [-0.3, -0.25) is 14.4 Å². The van der Waals surface area contributed by atoms with Crippen LogP contribution in [-0.4, -0.2) is 27.5 Å².